The van der Waals surface area contributed by atoms with Crippen molar-refractivity contribution in [3.63, 3.8) is 0 Å². The molecule has 2 aromatic rings. The second-order valence-electron chi connectivity index (χ2n) is 5.00. The summed E-state index contributed by atoms with van der Waals surface area (Å²) in [6.07, 6.45) is -0.0448. The van der Waals surface area contributed by atoms with Gasteiger partial charge < -0.3 is 20.5 Å². The van der Waals surface area contributed by atoms with Gasteiger partial charge in [-0.1, -0.05) is 29.8 Å². The third kappa shape index (κ3) is 5.70. The Balaban J connectivity index is 1.76. The highest BCUT2D eigenvalue weighted by Crippen LogP contribution is 2.11. The molecule has 0 heterocycles. The predicted molar refractivity (Wildman–Crippen MR) is 86.6 cm³/mol. The number of rotatable bonds is 6. The quantitative estimate of drug-likeness (QED) is 0.715. The van der Waals surface area contributed by atoms with Crippen molar-refractivity contribution in [3.8, 4) is 5.75 Å². The Labute approximate surface area is 134 Å². The van der Waals surface area contributed by atoms with Crippen molar-refractivity contribution in [2.45, 2.75) is 13.3 Å². The minimum absolute atomic E-state index is 0.0448. The number of amides is 2. The monoisotopic (exact) mass is 314 g/mol. The van der Waals surface area contributed by atoms with Gasteiger partial charge in [0.05, 0.1) is 6.42 Å². The Hall–Kier alpha value is -3.02. The highest BCUT2D eigenvalue weighted by Gasteiger charge is 2.03. The molecule has 2 amide bonds. The number of benzene rings is 2. The highest BCUT2D eigenvalue weighted by atomic mass is 16.5. The molecule has 6 nitrogen and oxygen atoms in total. The van der Waals surface area contributed by atoms with E-state index in [2.05, 4.69) is 10.6 Å². The third-order valence-corrected chi connectivity index (χ3v) is 3.06. The number of carboxylic acid groups (broad SMARTS) is 1. The average Bonchev–Trinajstić information content (AvgIpc) is 2.51. The van der Waals surface area contributed by atoms with Crippen LogP contribution in [0.1, 0.15) is 11.1 Å². The van der Waals surface area contributed by atoms with E-state index in [-0.39, 0.29) is 13.2 Å². The summed E-state index contributed by atoms with van der Waals surface area (Å²) < 4.78 is 5.40. The highest BCUT2D eigenvalue weighted by molar-refractivity contribution is 5.89. The Morgan fingerprint density at radius 2 is 1.70 bits per heavy atom. The lowest BCUT2D eigenvalue weighted by Crippen LogP contribution is -2.32. The average molecular weight is 314 g/mol. The first-order chi connectivity index (χ1) is 11.0. The number of ether oxygens (including phenoxy) is 1. The fourth-order valence-electron chi connectivity index (χ4n) is 1.88. The zero-order valence-electron chi connectivity index (χ0n) is 12.7. The number of hydrogen-bond acceptors (Lipinski definition) is 3. The van der Waals surface area contributed by atoms with Crippen molar-refractivity contribution in [1.82, 2.24) is 5.32 Å². The van der Waals surface area contributed by atoms with Gasteiger partial charge in [-0.3, -0.25) is 4.79 Å². The summed E-state index contributed by atoms with van der Waals surface area (Å²) in [5.41, 5.74) is 2.38. The molecule has 0 saturated heterocycles. The molecular weight excluding hydrogens is 296 g/mol. The second kappa shape index (κ2) is 7.84. The van der Waals surface area contributed by atoms with Crippen molar-refractivity contribution in [2.75, 3.05) is 12.0 Å². The number of urea groups is 1. The Morgan fingerprint density at radius 3 is 2.30 bits per heavy atom. The summed E-state index contributed by atoms with van der Waals surface area (Å²) in [6.45, 7) is 2.03. The summed E-state index contributed by atoms with van der Waals surface area (Å²) in [5, 5.41) is 13.9. The van der Waals surface area contributed by atoms with Crippen LogP contribution in [-0.2, 0) is 11.2 Å². The van der Waals surface area contributed by atoms with Crippen LogP contribution in [0.4, 0.5) is 10.5 Å². The van der Waals surface area contributed by atoms with Crippen molar-refractivity contribution >= 4 is 17.7 Å². The first-order valence-corrected chi connectivity index (χ1v) is 7.08. The summed E-state index contributed by atoms with van der Waals surface area (Å²) in [7, 11) is 0. The molecule has 0 radical (unpaired) electrons. The lowest BCUT2D eigenvalue weighted by atomic mass is 10.1. The topological polar surface area (TPSA) is 87.7 Å². The summed E-state index contributed by atoms with van der Waals surface area (Å²) in [4.78, 5) is 22.3. The molecule has 0 unspecified atom stereocenters. The van der Waals surface area contributed by atoms with E-state index < -0.39 is 12.0 Å². The van der Waals surface area contributed by atoms with Crippen LogP contribution in [0.25, 0.3) is 0 Å². The fraction of sp³-hybridized carbons (Fsp3) is 0.176. The van der Waals surface area contributed by atoms with Crippen LogP contribution in [0.2, 0.25) is 0 Å². The molecule has 0 fully saturated rings. The molecule has 3 N–H and O–H groups in total. The van der Waals surface area contributed by atoms with Crippen LogP contribution in [-0.4, -0.2) is 23.8 Å². The zero-order valence-corrected chi connectivity index (χ0v) is 12.7. The number of carbonyl (C=O) groups excluding carboxylic acids is 1. The number of hydrogen-bond donors (Lipinski definition) is 3. The lowest BCUT2D eigenvalue weighted by molar-refractivity contribution is -0.136. The smallest absolute Gasteiger partial charge is 0.321 e. The van der Waals surface area contributed by atoms with Crippen LogP contribution in [0, 0.1) is 6.92 Å². The van der Waals surface area contributed by atoms with Gasteiger partial charge in [0.25, 0.3) is 0 Å². The maximum atomic E-state index is 11.7. The van der Waals surface area contributed by atoms with Gasteiger partial charge in [0.15, 0.2) is 6.73 Å². The van der Waals surface area contributed by atoms with Crippen LogP contribution in [0.3, 0.4) is 0 Å². The Morgan fingerprint density at radius 1 is 1.04 bits per heavy atom. The standard InChI is InChI=1S/C17H18N2O4/c1-12-2-8-15(9-3-12)23-11-18-17(22)19-14-6-4-13(5-7-14)10-16(20)21/h2-9H,10-11H2,1H3,(H,20,21)(H2,18,19,22). The molecule has 0 aliphatic heterocycles. The van der Waals surface area contributed by atoms with E-state index in [4.69, 9.17) is 9.84 Å². The molecule has 0 spiro atoms. The molecular formula is C17H18N2O4. The van der Waals surface area contributed by atoms with E-state index in [1.54, 1.807) is 24.3 Å². The van der Waals surface area contributed by atoms with Gasteiger partial charge in [-0.15, -0.1) is 0 Å². The second-order valence-corrected chi connectivity index (χ2v) is 5.00. The van der Waals surface area contributed by atoms with Gasteiger partial charge in [0.1, 0.15) is 5.75 Å². The van der Waals surface area contributed by atoms with Crippen molar-refractivity contribution < 1.29 is 19.4 Å². The van der Waals surface area contributed by atoms with Crippen LogP contribution in [0.15, 0.2) is 48.5 Å². The van der Waals surface area contributed by atoms with Crippen molar-refractivity contribution in [2.24, 2.45) is 0 Å². The lowest BCUT2D eigenvalue weighted by Gasteiger charge is -2.10. The third-order valence-electron chi connectivity index (χ3n) is 3.06. The number of nitrogens with one attached hydrogen (secondary N) is 2. The molecule has 2 aromatic carbocycles. The van der Waals surface area contributed by atoms with Gasteiger partial charge in [-0.05, 0) is 36.8 Å². The molecule has 0 bridgehead atoms. The predicted octanol–water partition coefficient (Wildman–Crippen LogP) is 2.78. The van der Waals surface area contributed by atoms with Crippen LogP contribution >= 0.6 is 0 Å². The summed E-state index contributed by atoms with van der Waals surface area (Å²) >= 11 is 0. The Kier molecular flexibility index (Phi) is 5.57. The van der Waals surface area contributed by atoms with E-state index in [0.717, 1.165) is 5.56 Å². The zero-order chi connectivity index (χ0) is 16.7. The van der Waals surface area contributed by atoms with Gasteiger partial charge in [-0.25, -0.2) is 4.79 Å². The van der Waals surface area contributed by atoms with E-state index in [1.165, 1.54) is 0 Å². The number of aryl methyl sites for hydroxylation is 1. The van der Waals surface area contributed by atoms with E-state index in [0.29, 0.717) is 17.0 Å². The van der Waals surface area contributed by atoms with Gasteiger partial charge in [0, 0.05) is 5.69 Å². The molecule has 6 heteroatoms. The first-order valence-electron chi connectivity index (χ1n) is 7.08. The maximum absolute atomic E-state index is 11.7. The van der Waals surface area contributed by atoms with Gasteiger partial charge in [-0.2, -0.15) is 0 Å². The largest absolute Gasteiger partial charge is 0.481 e. The fourth-order valence-corrected chi connectivity index (χ4v) is 1.88. The number of carbonyl (C=O) groups is 2. The molecule has 0 aliphatic rings. The molecule has 0 saturated carbocycles. The number of aliphatic carboxylic acids is 1. The molecule has 120 valence electrons. The Bertz CT molecular complexity index is 666. The summed E-state index contributed by atoms with van der Waals surface area (Å²) in [6, 6.07) is 13.7. The molecule has 2 rings (SSSR count). The molecule has 0 aliphatic carbocycles. The van der Waals surface area contributed by atoms with E-state index >= 15 is 0 Å². The van der Waals surface area contributed by atoms with Crippen LogP contribution in [0.5, 0.6) is 5.75 Å². The van der Waals surface area contributed by atoms with Crippen molar-refractivity contribution in [1.29, 1.82) is 0 Å². The minimum atomic E-state index is -0.892. The molecule has 23 heavy (non-hydrogen) atoms. The number of anilines is 1. The molecule has 0 aromatic heterocycles. The summed E-state index contributed by atoms with van der Waals surface area (Å²) in [5.74, 6) is -0.217. The van der Waals surface area contributed by atoms with Gasteiger partial charge in [0.2, 0.25) is 0 Å². The van der Waals surface area contributed by atoms with E-state index in [9.17, 15) is 9.59 Å². The normalized spacial score (nSPS) is 9.96. The van der Waals surface area contributed by atoms with Crippen molar-refractivity contribution in [3.05, 3.63) is 59.7 Å². The van der Waals surface area contributed by atoms with E-state index in [1.807, 2.05) is 31.2 Å². The van der Waals surface area contributed by atoms with Gasteiger partial charge >= 0.3 is 12.0 Å². The minimum Gasteiger partial charge on any atom is -0.481 e. The molecule has 0 atom stereocenters. The first kappa shape index (κ1) is 16.4. The number of carboxylic acids is 1. The maximum Gasteiger partial charge on any atom is 0.321 e. The van der Waals surface area contributed by atoms with Crippen LogP contribution < -0.4 is 15.4 Å². The SMILES string of the molecule is Cc1ccc(OCNC(=O)Nc2ccc(CC(=O)O)cc2)cc1.